The molecular formula is C13H18ClN3O3. The molecule has 0 saturated heterocycles. The van der Waals surface area contributed by atoms with Crippen LogP contribution >= 0.6 is 11.6 Å². The van der Waals surface area contributed by atoms with Crippen LogP contribution in [-0.2, 0) is 0 Å². The Morgan fingerprint density at radius 1 is 1.60 bits per heavy atom. The molecule has 3 N–H and O–H groups in total. The number of nitrogens with two attached hydrogens (primary N) is 1. The van der Waals surface area contributed by atoms with Gasteiger partial charge in [0.1, 0.15) is 0 Å². The summed E-state index contributed by atoms with van der Waals surface area (Å²) in [5.74, 6) is 0.988. The van der Waals surface area contributed by atoms with Crippen molar-refractivity contribution in [1.82, 2.24) is 5.43 Å². The molecule has 0 radical (unpaired) electrons. The van der Waals surface area contributed by atoms with E-state index in [0.29, 0.717) is 22.1 Å². The maximum absolute atomic E-state index is 10.5. The molecule has 0 aliphatic carbocycles. The average molecular weight is 300 g/mol. The number of benzene rings is 1. The third-order valence-corrected chi connectivity index (χ3v) is 2.81. The van der Waals surface area contributed by atoms with Crippen molar-refractivity contribution in [2.75, 3.05) is 7.11 Å². The number of nitrogens with one attached hydrogen (secondary N) is 1. The van der Waals surface area contributed by atoms with Crippen LogP contribution in [0.15, 0.2) is 17.2 Å². The summed E-state index contributed by atoms with van der Waals surface area (Å²) < 4.78 is 11.0. The number of nitrogens with zero attached hydrogens (tertiary/aromatic N) is 1. The van der Waals surface area contributed by atoms with Gasteiger partial charge >= 0.3 is 6.03 Å². The summed E-state index contributed by atoms with van der Waals surface area (Å²) in [4.78, 5) is 10.5. The fourth-order valence-corrected chi connectivity index (χ4v) is 1.65. The molecule has 0 saturated carbocycles. The molecule has 20 heavy (non-hydrogen) atoms. The molecule has 0 unspecified atom stereocenters. The zero-order valence-corrected chi connectivity index (χ0v) is 12.4. The van der Waals surface area contributed by atoms with Crippen LogP contribution in [-0.4, -0.2) is 25.5 Å². The molecule has 7 heteroatoms. The Kier molecular flexibility index (Phi) is 6.11. The van der Waals surface area contributed by atoms with Gasteiger partial charge in [0.25, 0.3) is 0 Å². The van der Waals surface area contributed by atoms with Crippen molar-refractivity contribution in [3.05, 3.63) is 22.7 Å². The fraction of sp³-hybridized carbons (Fsp3) is 0.385. The van der Waals surface area contributed by atoms with E-state index in [1.807, 2.05) is 13.8 Å². The molecule has 1 aromatic rings. The number of carbonyl (C=O) groups is 1. The number of ether oxygens (including phenoxy) is 2. The first kappa shape index (κ1) is 16.1. The smallest absolute Gasteiger partial charge is 0.332 e. The number of urea groups is 1. The Bertz CT molecular complexity index is 506. The van der Waals surface area contributed by atoms with Crippen molar-refractivity contribution in [1.29, 1.82) is 0 Å². The minimum atomic E-state index is -0.740. The summed E-state index contributed by atoms with van der Waals surface area (Å²) in [7, 11) is 1.53. The number of primary amides is 1. The molecule has 1 aromatic carbocycles. The second-order valence-electron chi connectivity index (χ2n) is 4.11. The van der Waals surface area contributed by atoms with Crippen molar-refractivity contribution < 1.29 is 14.3 Å². The monoisotopic (exact) mass is 299 g/mol. The molecule has 0 aliphatic heterocycles. The Labute approximate surface area is 122 Å². The van der Waals surface area contributed by atoms with E-state index in [1.165, 1.54) is 13.3 Å². The van der Waals surface area contributed by atoms with Crippen LogP contribution < -0.4 is 20.6 Å². The highest BCUT2D eigenvalue weighted by Crippen LogP contribution is 2.36. The highest BCUT2D eigenvalue weighted by Gasteiger charge is 2.13. The standard InChI is InChI=1S/C13H18ClN3O3/c1-4-8(2)20-12-10(14)5-9(6-11(12)19-3)7-16-17-13(15)18/h5-8H,4H2,1-3H3,(H3,15,17,18)/b16-7-/t8-/m0/s1. The first-order chi connectivity index (χ1) is 9.47. The lowest BCUT2D eigenvalue weighted by Crippen LogP contribution is -2.24. The first-order valence-corrected chi connectivity index (χ1v) is 6.48. The van der Waals surface area contributed by atoms with Crippen LogP contribution in [0.4, 0.5) is 4.79 Å². The summed E-state index contributed by atoms with van der Waals surface area (Å²) in [5, 5.41) is 4.07. The van der Waals surface area contributed by atoms with Crippen LogP contribution in [0.3, 0.4) is 0 Å². The minimum Gasteiger partial charge on any atom is -0.493 e. The van der Waals surface area contributed by atoms with Crippen LogP contribution in [0.25, 0.3) is 0 Å². The van der Waals surface area contributed by atoms with Gasteiger partial charge in [-0.2, -0.15) is 5.10 Å². The van der Waals surface area contributed by atoms with Gasteiger partial charge in [-0.25, -0.2) is 10.2 Å². The van der Waals surface area contributed by atoms with Crippen LogP contribution in [0, 0.1) is 0 Å². The largest absolute Gasteiger partial charge is 0.493 e. The van der Waals surface area contributed by atoms with Gasteiger partial charge in [0.2, 0.25) is 0 Å². The third kappa shape index (κ3) is 4.62. The molecule has 1 atom stereocenters. The number of amides is 2. The van der Waals surface area contributed by atoms with Gasteiger partial charge in [-0.1, -0.05) is 18.5 Å². The predicted octanol–water partition coefficient (Wildman–Crippen LogP) is 2.53. The maximum atomic E-state index is 10.5. The van der Waals surface area contributed by atoms with Gasteiger partial charge in [-0.05, 0) is 31.0 Å². The number of hydrogen-bond donors (Lipinski definition) is 2. The topological polar surface area (TPSA) is 85.9 Å². The summed E-state index contributed by atoms with van der Waals surface area (Å²) in [6.45, 7) is 3.96. The number of hydrazone groups is 1. The van der Waals surface area contributed by atoms with E-state index >= 15 is 0 Å². The van der Waals surface area contributed by atoms with Crippen LogP contribution in [0.1, 0.15) is 25.8 Å². The van der Waals surface area contributed by atoms with Crippen LogP contribution in [0.2, 0.25) is 5.02 Å². The quantitative estimate of drug-likeness (QED) is 0.625. The van der Waals surface area contributed by atoms with Gasteiger partial charge < -0.3 is 15.2 Å². The highest BCUT2D eigenvalue weighted by atomic mass is 35.5. The second kappa shape index (κ2) is 7.59. The number of rotatable bonds is 6. The molecule has 0 aromatic heterocycles. The Morgan fingerprint density at radius 3 is 2.85 bits per heavy atom. The van der Waals surface area contributed by atoms with E-state index in [2.05, 4.69) is 10.5 Å². The van der Waals surface area contributed by atoms with Gasteiger partial charge in [-0.15, -0.1) is 0 Å². The second-order valence-corrected chi connectivity index (χ2v) is 4.51. The van der Waals surface area contributed by atoms with Gasteiger partial charge in [-0.3, -0.25) is 0 Å². The molecule has 0 bridgehead atoms. The molecule has 2 amide bonds. The lowest BCUT2D eigenvalue weighted by atomic mass is 10.2. The van der Waals surface area contributed by atoms with Gasteiger partial charge in [0.05, 0.1) is 24.5 Å². The molecule has 6 nitrogen and oxygen atoms in total. The molecular weight excluding hydrogens is 282 g/mol. The van der Waals surface area contributed by atoms with E-state index in [-0.39, 0.29) is 6.10 Å². The number of halogens is 1. The zero-order valence-electron chi connectivity index (χ0n) is 11.6. The minimum absolute atomic E-state index is 0.0254. The van der Waals surface area contributed by atoms with E-state index in [9.17, 15) is 4.79 Å². The molecule has 0 spiro atoms. The predicted molar refractivity (Wildman–Crippen MR) is 78.7 cm³/mol. The molecule has 110 valence electrons. The Hall–Kier alpha value is -1.95. The summed E-state index contributed by atoms with van der Waals surface area (Å²) in [6, 6.07) is 2.63. The highest BCUT2D eigenvalue weighted by molar-refractivity contribution is 6.32. The fourth-order valence-electron chi connectivity index (χ4n) is 1.38. The summed E-state index contributed by atoms with van der Waals surface area (Å²) in [6.07, 6.45) is 2.29. The van der Waals surface area contributed by atoms with E-state index < -0.39 is 6.03 Å². The van der Waals surface area contributed by atoms with Gasteiger partial charge in [0, 0.05) is 0 Å². The number of hydrogen-bond acceptors (Lipinski definition) is 4. The normalized spacial score (nSPS) is 12.2. The Morgan fingerprint density at radius 2 is 2.30 bits per heavy atom. The van der Waals surface area contributed by atoms with Gasteiger partial charge in [0.15, 0.2) is 11.5 Å². The molecule has 0 aliphatic rings. The molecule has 0 fully saturated rings. The van der Waals surface area contributed by atoms with Crippen molar-refractivity contribution in [2.24, 2.45) is 10.8 Å². The van der Waals surface area contributed by atoms with Crippen molar-refractivity contribution >= 4 is 23.8 Å². The van der Waals surface area contributed by atoms with Crippen molar-refractivity contribution in [3.8, 4) is 11.5 Å². The number of carbonyl (C=O) groups excluding carboxylic acids is 1. The van der Waals surface area contributed by atoms with Crippen molar-refractivity contribution in [3.63, 3.8) is 0 Å². The average Bonchev–Trinajstić information content (AvgIpc) is 2.40. The SMILES string of the molecule is CC[C@H](C)Oc1c(Cl)cc(/C=N\NC(N)=O)cc1OC. The van der Waals surface area contributed by atoms with E-state index in [0.717, 1.165) is 6.42 Å². The maximum Gasteiger partial charge on any atom is 0.332 e. The molecule has 0 heterocycles. The first-order valence-electron chi connectivity index (χ1n) is 6.10. The zero-order chi connectivity index (χ0) is 15.1. The number of methoxy groups -OCH3 is 1. The lowest BCUT2D eigenvalue weighted by Gasteiger charge is -2.17. The lowest BCUT2D eigenvalue weighted by molar-refractivity contribution is 0.208. The van der Waals surface area contributed by atoms with Crippen LogP contribution in [0.5, 0.6) is 11.5 Å². The molecule has 1 rings (SSSR count). The van der Waals surface area contributed by atoms with E-state index in [1.54, 1.807) is 12.1 Å². The van der Waals surface area contributed by atoms with Crippen molar-refractivity contribution in [2.45, 2.75) is 26.4 Å². The summed E-state index contributed by atoms with van der Waals surface area (Å²) >= 11 is 6.18. The van der Waals surface area contributed by atoms with E-state index in [4.69, 9.17) is 26.8 Å². The Balaban J connectivity index is 3.00. The third-order valence-electron chi connectivity index (χ3n) is 2.53. The summed E-state index contributed by atoms with van der Waals surface area (Å²) in [5.41, 5.74) is 7.65.